The predicted octanol–water partition coefficient (Wildman–Crippen LogP) is 2.29. The summed E-state index contributed by atoms with van der Waals surface area (Å²) in [6.45, 7) is 6.56. The topological polar surface area (TPSA) is 83.9 Å². The molecule has 7 heteroatoms. The van der Waals surface area contributed by atoms with Crippen LogP contribution in [-0.4, -0.2) is 43.6 Å². The molecule has 1 aliphatic heterocycles. The average Bonchev–Trinajstić information content (AvgIpc) is 3.04. The molecule has 1 amide bonds. The number of carbonyl (C=O) groups is 1. The van der Waals surface area contributed by atoms with Crippen LogP contribution < -0.4 is 5.56 Å². The molecular weight excluding hydrogens is 342 g/mol. The van der Waals surface area contributed by atoms with Crippen molar-refractivity contribution in [2.75, 3.05) is 13.1 Å². The second-order valence-electron chi connectivity index (χ2n) is 7.36. The highest BCUT2D eigenvalue weighted by molar-refractivity contribution is 5.92. The number of likely N-dealkylation sites (tertiary alicyclic amines) is 1. The summed E-state index contributed by atoms with van der Waals surface area (Å²) in [5, 5.41) is 6.16. The van der Waals surface area contributed by atoms with E-state index in [2.05, 4.69) is 45.7 Å². The maximum atomic E-state index is 12.5. The quantitative estimate of drug-likeness (QED) is 0.772. The molecule has 1 aliphatic rings. The fourth-order valence-corrected chi connectivity index (χ4v) is 3.68. The molecule has 0 radical (unpaired) electrons. The molecule has 1 saturated heterocycles. The van der Waals surface area contributed by atoms with Gasteiger partial charge in [0.1, 0.15) is 5.69 Å². The van der Waals surface area contributed by atoms with E-state index in [9.17, 15) is 9.59 Å². The predicted molar refractivity (Wildman–Crippen MR) is 103 cm³/mol. The Morgan fingerprint density at radius 1 is 1.19 bits per heavy atom. The molecule has 0 saturated carbocycles. The average molecular weight is 365 g/mol. The van der Waals surface area contributed by atoms with Crippen molar-refractivity contribution in [2.45, 2.75) is 33.2 Å². The summed E-state index contributed by atoms with van der Waals surface area (Å²) in [5.41, 5.74) is 4.74. The highest BCUT2D eigenvalue weighted by Gasteiger charge is 2.25. The molecule has 4 rings (SSSR count). The second-order valence-corrected chi connectivity index (χ2v) is 7.36. The van der Waals surface area contributed by atoms with Crippen LogP contribution in [0, 0.1) is 19.8 Å². The summed E-state index contributed by atoms with van der Waals surface area (Å²) < 4.78 is 2.23. The summed E-state index contributed by atoms with van der Waals surface area (Å²) in [4.78, 5) is 30.0. The normalized spacial score (nSPS) is 15.4. The maximum Gasteiger partial charge on any atom is 0.274 e. The smallest absolute Gasteiger partial charge is 0.274 e. The van der Waals surface area contributed by atoms with Crippen LogP contribution in [0.2, 0.25) is 0 Å². The van der Waals surface area contributed by atoms with E-state index in [1.54, 1.807) is 0 Å². The zero-order valence-corrected chi connectivity index (χ0v) is 15.6. The summed E-state index contributed by atoms with van der Waals surface area (Å²) in [7, 11) is 0. The van der Waals surface area contributed by atoms with E-state index in [0.29, 0.717) is 24.7 Å². The Balaban J connectivity index is 1.41. The first-order valence-corrected chi connectivity index (χ1v) is 9.28. The lowest BCUT2D eigenvalue weighted by Gasteiger charge is -2.32. The van der Waals surface area contributed by atoms with Gasteiger partial charge in [-0.05, 0) is 61.9 Å². The second kappa shape index (κ2) is 6.98. The number of hydrogen-bond donors (Lipinski definition) is 1. The molecule has 0 aliphatic carbocycles. The van der Waals surface area contributed by atoms with Gasteiger partial charge in [0.2, 0.25) is 0 Å². The van der Waals surface area contributed by atoms with Gasteiger partial charge in [-0.3, -0.25) is 9.59 Å². The fourth-order valence-electron chi connectivity index (χ4n) is 3.68. The molecule has 140 valence electrons. The van der Waals surface area contributed by atoms with Gasteiger partial charge in [-0.2, -0.15) is 5.10 Å². The van der Waals surface area contributed by atoms with Crippen molar-refractivity contribution in [1.29, 1.82) is 0 Å². The molecular formula is C20H23N5O2. The standard InChI is InChI=1S/C20H23N5O2/c1-13-9-17-18(10-14(13)2)25(12-21-17)11-15-5-7-24(8-6-15)20(27)16-3-4-19(26)23-22-16/h3-4,9-10,12,15H,5-8,11H2,1-2H3,(H,23,26). The van der Waals surface area contributed by atoms with Crippen LogP contribution in [0.15, 0.2) is 35.4 Å². The van der Waals surface area contributed by atoms with E-state index in [-0.39, 0.29) is 11.5 Å². The van der Waals surface area contributed by atoms with Gasteiger partial charge in [0.05, 0.1) is 17.4 Å². The number of amides is 1. The van der Waals surface area contributed by atoms with Crippen molar-refractivity contribution in [3.05, 3.63) is 57.8 Å². The van der Waals surface area contributed by atoms with Crippen LogP contribution in [0.4, 0.5) is 0 Å². The van der Waals surface area contributed by atoms with Gasteiger partial charge in [0, 0.05) is 25.7 Å². The van der Waals surface area contributed by atoms with Gasteiger partial charge in [-0.25, -0.2) is 10.1 Å². The van der Waals surface area contributed by atoms with Crippen LogP contribution >= 0.6 is 0 Å². The number of aromatic amines is 1. The van der Waals surface area contributed by atoms with E-state index in [0.717, 1.165) is 24.9 Å². The van der Waals surface area contributed by atoms with Gasteiger partial charge in [-0.1, -0.05) is 0 Å². The minimum Gasteiger partial charge on any atom is -0.337 e. The molecule has 0 spiro atoms. The summed E-state index contributed by atoms with van der Waals surface area (Å²) in [6.07, 6.45) is 3.81. The summed E-state index contributed by atoms with van der Waals surface area (Å²) in [5.74, 6) is 0.389. The van der Waals surface area contributed by atoms with Gasteiger partial charge in [0.25, 0.3) is 11.5 Å². The third-order valence-corrected chi connectivity index (χ3v) is 5.49. The Hall–Kier alpha value is -2.96. The molecule has 3 aromatic rings. The number of carbonyl (C=O) groups excluding carboxylic acids is 1. The highest BCUT2D eigenvalue weighted by atomic mass is 16.2. The van der Waals surface area contributed by atoms with Crippen LogP contribution in [0.5, 0.6) is 0 Å². The maximum absolute atomic E-state index is 12.5. The zero-order chi connectivity index (χ0) is 19.0. The van der Waals surface area contributed by atoms with Crippen molar-refractivity contribution in [3.8, 4) is 0 Å². The van der Waals surface area contributed by atoms with Crippen molar-refractivity contribution in [3.63, 3.8) is 0 Å². The molecule has 0 bridgehead atoms. The van der Waals surface area contributed by atoms with Crippen LogP contribution in [0.1, 0.15) is 34.5 Å². The number of fused-ring (bicyclic) bond motifs is 1. The van der Waals surface area contributed by atoms with E-state index in [4.69, 9.17) is 0 Å². The van der Waals surface area contributed by atoms with Gasteiger partial charge < -0.3 is 9.47 Å². The Bertz CT molecular complexity index is 1020. The van der Waals surface area contributed by atoms with Gasteiger partial charge in [-0.15, -0.1) is 0 Å². The molecule has 0 unspecified atom stereocenters. The van der Waals surface area contributed by atoms with Crippen LogP contribution in [-0.2, 0) is 6.54 Å². The third kappa shape index (κ3) is 3.49. The minimum atomic E-state index is -0.303. The lowest BCUT2D eigenvalue weighted by Crippen LogP contribution is -2.40. The summed E-state index contributed by atoms with van der Waals surface area (Å²) in [6, 6.07) is 7.16. The molecule has 27 heavy (non-hydrogen) atoms. The van der Waals surface area contributed by atoms with Crippen LogP contribution in [0.3, 0.4) is 0 Å². The Morgan fingerprint density at radius 3 is 2.63 bits per heavy atom. The van der Waals surface area contributed by atoms with Crippen molar-refractivity contribution < 1.29 is 4.79 Å². The van der Waals surface area contributed by atoms with E-state index in [1.165, 1.54) is 28.8 Å². The Labute approximate surface area is 157 Å². The zero-order valence-electron chi connectivity index (χ0n) is 15.6. The highest BCUT2D eigenvalue weighted by Crippen LogP contribution is 2.24. The van der Waals surface area contributed by atoms with Crippen molar-refractivity contribution in [2.24, 2.45) is 5.92 Å². The fraction of sp³-hybridized carbons (Fsp3) is 0.400. The van der Waals surface area contributed by atoms with Crippen molar-refractivity contribution in [1.82, 2.24) is 24.6 Å². The molecule has 1 N–H and O–H groups in total. The molecule has 1 fully saturated rings. The number of hydrogen-bond acceptors (Lipinski definition) is 4. The largest absolute Gasteiger partial charge is 0.337 e. The number of piperidine rings is 1. The van der Waals surface area contributed by atoms with Gasteiger partial charge in [0.15, 0.2) is 0 Å². The lowest BCUT2D eigenvalue weighted by molar-refractivity contribution is 0.0676. The van der Waals surface area contributed by atoms with E-state index >= 15 is 0 Å². The van der Waals surface area contributed by atoms with E-state index in [1.807, 2.05) is 11.2 Å². The molecule has 3 heterocycles. The first-order chi connectivity index (χ1) is 13.0. The monoisotopic (exact) mass is 365 g/mol. The number of aromatic nitrogens is 4. The number of imidazole rings is 1. The lowest BCUT2D eigenvalue weighted by atomic mass is 9.96. The number of aryl methyl sites for hydroxylation is 2. The third-order valence-electron chi connectivity index (χ3n) is 5.49. The number of nitrogens with zero attached hydrogens (tertiary/aromatic N) is 4. The Morgan fingerprint density at radius 2 is 1.93 bits per heavy atom. The first-order valence-electron chi connectivity index (χ1n) is 9.28. The Kier molecular flexibility index (Phi) is 4.51. The number of nitrogens with one attached hydrogen (secondary N) is 1. The van der Waals surface area contributed by atoms with Crippen LogP contribution in [0.25, 0.3) is 11.0 Å². The molecule has 2 aromatic heterocycles. The van der Waals surface area contributed by atoms with Gasteiger partial charge >= 0.3 is 0 Å². The number of benzene rings is 1. The summed E-state index contributed by atoms with van der Waals surface area (Å²) >= 11 is 0. The molecule has 7 nitrogen and oxygen atoms in total. The molecule has 0 atom stereocenters. The minimum absolute atomic E-state index is 0.121. The van der Waals surface area contributed by atoms with Crippen molar-refractivity contribution >= 4 is 16.9 Å². The molecule has 1 aromatic carbocycles. The number of H-pyrrole nitrogens is 1. The SMILES string of the molecule is Cc1cc2ncn(CC3CCN(C(=O)c4ccc(=O)[nH]n4)CC3)c2cc1C. The first kappa shape index (κ1) is 17.5. The number of rotatable bonds is 3. The van der Waals surface area contributed by atoms with E-state index < -0.39 is 0 Å².